The average Bonchev–Trinajstić information content (AvgIpc) is 2.37. The summed E-state index contributed by atoms with van der Waals surface area (Å²) >= 11 is 0. The zero-order valence-corrected chi connectivity index (χ0v) is 12.3. The first kappa shape index (κ1) is 15.4. The molecule has 0 aromatic heterocycles. The fraction of sp³-hybridized carbons (Fsp3) is 0.571. The molecule has 1 aromatic rings. The summed E-state index contributed by atoms with van der Waals surface area (Å²) in [7, 11) is -3.92. The van der Waals surface area contributed by atoms with Crippen molar-refractivity contribution in [2.24, 2.45) is 5.73 Å². The van der Waals surface area contributed by atoms with Crippen molar-refractivity contribution in [2.45, 2.75) is 42.4 Å². The highest BCUT2D eigenvalue weighted by molar-refractivity contribution is 7.90. The normalized spacial score (nSPS) is 19.0. The van der Waals surface area contributed by atoms with E-state index in [4.69, 9.17) is 5.73 Å². The molecule has 3 nitrogen and oxygen atoms in total. The molecule has 2 rings (SSSR count). The quantitative estimate of drug-likeness (QED) is 0.933. The Balaban J connectivity index is 2.54. The number of rotatable bonds is 3. The largest absolute Gasteiger partial charge is 0.330 e. The highest BCUT2D eigenvalue weighted by Crippen LogP contribution is 2.40. The molecule has 1 aliphatic rings. The van der Waals surface area contributed by atoms with Gasteiger partial charge in [-0.3, -0.25) is 0 Å². The Labute approximate surface area is 118 Å². The third kappa shape index (κ3) is 2.72. The van der Waals surface area contributed by atoms with Gasteiger partial charge in [-0.15, -0.1) is 0 Å². The van der Waals surface area contributed by atoms with Gasteiger partial charge in [0.25, 0.3) is 0 Å². The third-order valence-corrected chi connectivity index (χ3v) is 5.31. The fourth-order valence-corrected chi connectivity index (χ4v) is 3.89. The van der Waals surface area contributed by atoms with Gasteiger partial charge < -0.3 is 5.73 Å². The van der Waals surface area contributed by atoms with Crippen LogP contribution in [-0.2, 0) is 15.3 Å². The van der Waals surface area contributed by atoms with Crippen molar-refractivity contribution in [2.75, 3.05) is 12.8 Å². The Morgan fingerprint density at radius 1 is 1.15 bits per heavy atom. The summed E-state index contributed by atoms with van der Waals surface area (Å²) in [6.07, 6.45) is 5.38. The van der Waals surface area contributed by atoms with Crippen LogP contribution in [0.25, 0.3) is 0 Å². The molecule has 20 heavy (non-hydrogen) atoms. The van der Waals surface area contributed by atoms with E-state index < -0.39 is 31.8 Å². The lowest BCUT2D eigenvalue weighted by Gasteiger charge is -2.37. The molecule has 1 fully saturated rings. The van der Waals surface area contributed by atoms with E-state index in [0.717, 1.165) is 50.5 Å². The van der Waals surface area contributed by atoms with Gasteiger partial charge in [0.2, 0.25) is 0 Å². The predicted octanol–water partition coefficient (Wildman–Crippen LogP) is 2.53. The van der Waals surface area contributed by atoms with E-state index >= 15 is 0 Å². The molecule has 1 aromatic carbocycles. The van der Waals surface area contributed by atoms with Crippen LogP contribution in [0.15, 0.2) is 17.0 Å². The van der Waals surface area contributed by atoms with Crippen LogP contribution in [0.2, 0.25) is 0 Å². The lowest BCUT2D eigenvalue weighted by atomic mass is 9.69. The predicted molar refractivity (Wildman–Crippen MR) is 73.3 cm³/mol. The summed E-state index contributed by atoms with van der Waals surface area (Å²) in [5, 5.41) is 0. The van der Waals surface area contributed by atoms with E-state index in [9.17, 15) is 17.2 Å². The smallest absolute Gasteiger partial charge is 0.181 e. The van der Waals surface area contributed by atoms with Crippen molar-refractivity contribution >= 4 is 9.84 Å². The second-order valence-corrected chi connectivity index (χ2v) is 7.54. The molecule has 6 heteroatoms. The fourth-order valence-electron chi connectivity index (χ4n) is 3.06. The van der Waals surface area contributed by atoms with E-state index in [-0.39, 0.29) is 0 Å². The summed E-state index contributed by atoms with van der Waals surface area (Å²) in [6, 6.07) is 2.27. The Morgan fingerprint density at radius 2 is 1.65 bits per heavy atom. The molecule has 1 saturated carbocycles. The van der Waals surface area contributed by atoms with Crippen LogP contribution in [0.1, 0.15) is 37.7 Å². The average molecular weight is 303 g/mol. The van der Waals surface area contributed by atoms with Gasteiger partial charge in [0, 0.05) is 18.2 Å². The molecule has 1 aliphatic carbocycles. The molecule has 0 unspecified atom stereocenters. The number of hydrogen-bond donors (Lipinski definition) is 1. The van der Waals surface area contributed by atoms with Gasteiger partial charge in [0.1, 0.15) is 16.5 Å². The van der Waals surface area contributed by atoms with Gasteiger partial charge in [-0.2, -0.15) is 0 Å². The molecule has 0 aliphatic heterocycles. The third-order valence-electron chi connectivity index (χ3n) is 4.18. The van der Waals surface area contributed by atoms with Crippen molar-refractivity contribution in [3.8, 4) is 0 Å². The molecule has 0 spiro atoms. The zero-order chi connectivity index (χ0) is 15.0. The van der Waals surface area contributed by atoms with Gasteiger partial charge in [-0.1, -0.05) is 19.3 Å². The molecular weight excluding hydrogens is 284 g/mol. The second-order valence-electron chi connectivity index (χ2n) is 5.59. The van der Waals surface area contributed by atoms with Crippen molar-refractivity contribution < 1.29 is 17.2 Å². The minimum absolute atomic E-state index is 0.310. The van der Waals surface area contributed by atoms with Crippen molar-refractivity contribution in [3.63, 3.8) is 0 Å². The van der Waals surface area contributed by atoms with E-state index in [2.05, 4.69) is 0 Å². The van der Waals surface area contributed by atoms with E-state index in [1.807, 2.05) is 0 Å². The van der Waals surface area contributed by atoms with Crippen molar-refractivity contribution in [1.29, 1.82) is 0 Å². The van der Waals surface area contributed by atoms with Crippen LogP contribution in [0.4, 0.5) is 8.78 Å². The van der Waals surface area contributed by atoms with Crippen LogP contribution < -0.4 is 5.73 Å². The summed E-state index contributed by atoms with van der Waals surface area (Å²) < 4.78 is 50.8. The van der Waals surface area contributed by atoms with E-state index in [1.165, 1.54) is 0 Å². The Hall–Kier alpha value is -1.01. The minimum Gasteiger partial charge on any atom is -0.330 e. The Morgan fingerprint density at radius 3 is 2.05 bits per heavy atom. The zero-order valence-electron chi connectivity index (χ0n) is 11.5. The van der Waals surface area contributed by atoms with Gasteiger partial charge in [-0.05, 0) is 30.5 Å². The standard InChI is InChI=1S/C14H19F2NO2S/c1-20(18,19)13-11(15)7-10(8-12(13)16)14(9-17)5-3-2-4-6-14/h7-8H,2-6,9,17H2,1H3. The van der Waals surface area contributed by atoms with Gasteiger partial charge in [0.15, 0.2) is 9.84 Å². The lowest BCUT2D eigenvalue weighted by Crippen LogP contribution is -2.37. The molecule has 0 radical (unpaired) electrons. The van der Waals surface area contributed by atoms with Crippen LogP contribution >= 0.6 is 0 Å². The summed E-state index contributed by atoms with van der Waals surface area (Å²) in [5.74, 6) is -2.05. The highest BCUT2D eigenvalue weighted by Gasteiger charge is 2.34. The minimum atomic E-state index is -3.92. The molecule has 2 N–H and O–H groups in total. The Bertz CT molecular complexity index is 585. The first-order chi connectivity index (χ1) is 9.30. The SMILES string of the molecule is CS(=O)(=O)c1c(F)cc(C2(CN)CCCCC2)cc1F. The topological polar surface area (TPSA) is 60.2 Å². The van der Waals surface area contributed by atoms with Crippen molar-refractivity contribution in [3.05, 3.63) is 29.3 Å². The number of halogens is 2. The maximum atomic E-state index is 14.0. The van der Waals surface area contributed by atoms with E-state index in [1.54, 1.807) is 0 Å². The second kappa shape index (κ2) is 5.41. The molecule has 112 valence electrons. The number of benzene rings is 1. The van der Waals surface area contributed by atoms with Gasteiger partial charge in [0.05, 0.1) is 0 Å². The molecule has 0 amide bonds. The van der Waals surface area contributed by atoms with E-state index in [0.29, 0.717) is 12.1 Å². The number of hydrogen-bond acceptors (Lipinski definition) is 3. The molecule has 0 heterocycles. The Kier molecular flexibility index (Phi) is 4.16. The monoisotopic (exact) mass is 303 g/mol. The first-order valence-corrected chi connectivity index (χ1v) is 8.59. The summed E-state index contributed by atoms with van der Waals surface area (Å²) in [5.41, 5.74) is 5.87. The number of nitrogens with two attached hydrogens (primary N) is 1. The maximum Gasteiger partial charge on any atom is 0.181 e. The van der Waals surface area contributed by atoms with Crippen LogP contribution in [0, 0.1) is 11.6 Å². The van der Waals surface area contributed by atoms with Gasteiger partial charge >= 0.3 is 0 Å². The first-order valence-electron chi connectivity index (χ1n) is 6.70. The van der Waals surface area contributed by atoms with Crippen LogP contribution in [-0.4, -0.2) is 21.2 Å². The molecular formula is C14H19F2NO2S. The molecule has 0 atom stereocenters. The summed E-state index contributed by atoms with van der Waals surface area (Å²) in [6.45, 7) is 0.310. The van der Waals surface area contributed by atoms with Gasteiger partial charge in [-0.25, -0.2) is 17.2 Å². The summed E-state index contributed by atoms with van der Waals surface area (Å²) in [4.78, 5) is -0.857. The molecule has 0 saturated heterocycles. The maximum absolute atomic E-state index is 14.0. The lowest BCUT2D eigenvalue weighted by molar-refractivity contribution is 0.298. The van der Waals surface area contributed by atoms with Crippen LogP contribution in [0.5, 0.6) is 0 Å². The number of sulfone groups is 1. The van der Waals surface area contributed by atoms with Crippen LogP contribution in [0.3, 0.4) is 0 Å². The highest BCUT2D eigenvalue weighted by atomic mass is 32.2. The molecule has 0 bridgehead atoms. The van der Waals surface area contributed by atoms with Crippen molar-refractivity contribution in [1.82, 2.24) is 0 Å².